The zero-order valence-electron chi connectivity index (χ0n) is 15.2. The maximum Gasteiger partial charge on any atom is 0.252 e. The fourth-order valence-electron chi connectivity index (χ4n) is 3.07. The standard InChI is InChI=1S/C20H24N4O2/c1-3-5-8-11-24-14-16(12-18(24)20(26)22-4-2)23-19(25)17-10-7-6-9-15(17)13-21/h6-7,9-10,16,18H,3-4,11-12,14H2,1-2H3,(H,22,26)(H,23,25)/t16-,18-/m0/s1. The molecule has 1 aromatic rings. The third kappa shape index (κ3) is 4.84. The number of benzene rings is 1. The number of likely N-dealkylation sites (tertiary alicyclic amines) is 1. The first-order valence-corrected chi connectivity index (χ1v) is 8.88. The minimum absolute atomic E-state index is 0.0417. The van der Waals surface area contributed by atoms with E-state index < -0.39 is 0 Å². The number of carbonyl (C=O) groups excluding carboxylic acids is 2. The molecule has 0 saturated carbocycles. The summed E-state index contributed by atoms with van der Waals surface area (Å²) in [5, 5.41) is 15.0. The zero-order valence-corrected chi connectivity index (χ0v) is 15.2. The molecule has 1 aliphatic rings. The summed E-state index contributed by atoms with van der Waals surface area (Å²) in [6.45, 7) is 5.48. The molecule has 2 N–H and O–H groups in total. The van der Waals surface area contributed by atoms with Gasteiger partial charge >= 0.3 is 0 Å². The second-order valence-corrected chi connectivity index (χ2v) is 6.11. The lowest BCUT2D eigenvalue weighted by atomic mass is 10.1. The Morgan fingerprint density at radius 3 is 2.73 bits per heavy atom. The summed E-state index contributed by atoms with van der Waals surface area (Å²) in [5.74, 6) is 5.75. The molecule has 26 heavy (non-hydrogen) atoms. The maximum absolute atomic E-state index is 12.5. The Morgan fingerprint density at radius 2 is 2.04 bits per heavy atom. The van der Waals surface area contributed by atoms with Crippen molar-refractivity contribution in [2.75, 3.05) is 19.6 Å². The van der Waals surface area contributed by atoms with Crippen molar-refractivity contribution in [3.63, 3.8) is 0 Å². The average Bonchev–Trinajstić information content (AvgIpc) is 3.04. The zero-order chi connectivity index (χ0) is 18.9. The third-order valence-corrected chi connectivity index (χ3v) is 4.27. The van der Waals surface area contributed by atoms with Crippen molar-refractivity contribution in [2.45, 2.75) is 38.8 Å². The van der Waals surface area contributed by atoms with Crippen LogP contribution in [0.3, 0.4) is 0 Å². The van der Waals surface area contributed by atoms with Crippen LogP contribution < -0.4 is 10.6 Å². The van der Waals surface area contributed by atoms with Crippen LogP contribution in [0.4, 0.5) is 0 Å². The predicted molar refractivity (Wildman–Crippen MR) is 99.1 cm³/mol. The quantitative estimate of drug-likeness (QED) is 0.782. The summed E-state index contributed by atoms with van der Waals surface area (Å²) in [6, 6.07) is 8.27. The van der Waals surface area contributed by atoms with Gasteiger partial charge in [-0.2, -0.15) is 5.26 Å². The van der Waals surface area contributed by atoms with Crippen LogP contribution >= 0.6 is 0 Å². The Bertz CT molecular complexity index is 757. The molecular formula is C20H24N4O2. The Morgan fingerprint density at radius 1 is 1.27 bits per heavy atom. The third-order valence-electron chi connectivity index (χ3n) is 4.27. The van der Waals surface area contributed by atoms with Gasteiger partial charge in [-0.3, -0.25) is 14.5 Å². The van der Waals surface area contributed by atoms with E-state index in [0.29, 0.717) is 37.2 Å². The summed E-state index contributed by atoms with van der Waals surface area (Å²) in [5.41, 5.74) is 0.697. The number of hydrogen-bond donors (Lipinski definition) is 2. The van der Waals surface area contributed by atoms with Crippen LogP contribution in [-0.4, -0.2) is 48.4 Å². The molecule has 1 heterocycles. The Kier molecular flexibility index (Phi) is 7.20. The highest BCUT2D eigenvalue weighted by Gasteiger charge is 2.37. The summed E-state index contributed by atoms with van der Waals surface area (Å²) in [4.78, 5) is 26.9. The van der Waals surface area contributed by atoms with E-state index in [1.807, 2.05) is 24.8 Å². The second-order valence-electron chi connectivity index (χ2n) is 6.11. The topological polar surface area (TPSA) is 85.2 Å². The van der Waals surface area contributed by atoms with Crippen LogP contribution in [0.2, 0.25) is 0 Å². The maximum atomic E-state index is 12.5. The molecule has 6 nitrogen and oxygen atoms in total. The molecule has 1 fully saturated rings. The van der Waals surface area contributed by atoms with Gasteiger partial charge in [-0.15, -0.1) is 5.92 Å². The van der Waals surface area contributed by atoms with Crippen molar-refractivity contribution < 1.29 is 9.59 Å². The van der Waals surface area contributed by atoms with E-state index in [4.69, 9.17) is 5.26 Å². The molecule has 2 rings (SSSR count). The van der Waals surface area contributed by atoms with Crippen molar-refractivity contribution in [1.29, 1.82) is 5.26 Å². The average molecular weight is 352 g/mol. The highest BCUT2D eigenvalue weighted by molar-refractivity contribution is 5.96. The number of nitrogens with zero attached hydrogens (tertiary/aromatic N) is 2. The van der Waals surface area contributed by atoms with Gasteiger partial charge in [0.15, 0.2) is 0 Å². The molecule has 0 unspecified atom stereocenters. The lowest BCUT2D eigenvalue weighted by molar-refractivity contribution is -0.125. The van der Waals surface area contributed by atoms with Crippen LogP contribution in [0.1, 0.15) is 42.6 Å². The van der Waals surface area contributed by atoms with E-state index in [0.717, 1.165) is 6.42 Å². The summed E-state index contributed by atoms with van der Waals surface area (Å²) >= 11 is 0. The number of hydrogen-bond acceptors (Lipinski definition) is 4. The Balaban J connectivity index is 2.09. The van der Waals surface area contributed by atoms with Crippen molar-refractivity contribution in [3.8, 4) is 17.9 Å². The minimum atomic E-state index is -0.308. The highest BCUT2D eigenvalue weighted by atomic mass is 16.2. The van der Waals surface area contributed by atoms with Gasteiger partial charge in [-0.25, -0.2) is 0 Å². The van der Waals surface area contributed by atoms with E-state index in [1.54, 1.807) is 24.3 Å². The van der Waals surface area contributed by atoms with Crippen molar-refractivity contribution in [2.24, 2.45) is 0 Å². The first-order valence-electron chi connectivity index (χ1n) is 8.88. The van der Waals surface area contributed by atoms with Crippen molar-refractivity contribution in [1.82, 2.24) is 15.5 Å². The number of carbonyl (C=O) groups is 2. The molecule has 6 heteroatoms. The molecule has 0 aliphatic carbocycles. The first-order chi connectivity index (χ1) is 12.6. The lowest BCUT2D eigenvalue weighted by Gasteiger charge is -2.20. The highest BCUT2D eigenvalue weighted by Crippen LogP contribution is 2.19. The molecule has 136 valence electrons. The van der Waals surface area contributed by atoms with Gasteiger partial charge < -0.3 is 10.6 Å². The van der Waals surface area contributed by atoms with Crippen LogP contribution in [0, 0.1) is 23.2 Å². The van der Waals surface area contributed by atoms with Crippen molar-refractivity contribution >= 4 is 11.8 Å². The fourth-order valence-corrected chi connectivity index (χ4v) is 3.07. The van der Waals surface area contributed by atoms with Gasteiger partial charge in [0, 0.05) is 25.6 Å². The van der Waals surface area contributed by atoms with Crippen LogP contribution in [0.5, 0.6) is 0 Å². The molecule has 2 atom stereocenters. The SMILES string of the molecule is CCC#CCN1C[C@@H](NC(=O)c2ccccc2C#N)C[C@H]1C(=O)NCC. The predicted octanol–water partition coefficient (Wildman–Crippen LogP) is 1.28. The van der Waals surface area contributed by atoms with E-state index in [9.17, 15) is 9.59 Å². The molecule has 1 saturated heterocycles. The number of nitrogens with one attached hydrogen (secondary N) is 2. The number of amides is 2. The Hall–Kier alpha value is -2.83. The number of likely N-dealkylation sites (N-methyl/N-ethyl adjacent to an activating group) is 1. The van der Waals surface area contributed by atoms with Crippen molar-refractivity contribution in [3.05, 3.63) is 35.4 Å². The van der Waals surface area contributed by atoms with Gasteiger partial charge in [0.2, 0.25) is 5.91 Å². The number of rotatable bonds is 5. The van der Waals surface area contributed by atoms with E-state index in [-0.39, 0.29) is 23.9 Å². The molecule has 0 aromatic heterocycles. The second kappa shape index (κ2) is 9.60. The molecule has 1 aliphatic heterocycles. The fraction of sp³-hybridized carbons (Fsp3) is 0.450. The molecule has 0 bridgehead atoms. The minimum Gasteiger partial charge on any atom is -0.355 e. The van der Waals surface area contributed by atoms with E-state index in [2.05, 4.69) is 22.5 Å². The van der Waals surface area contributed by atoms with Crippen LogP contribution in [0.15, 0.2) is 24.3 Å². The van der Waals surface area contributed by atoms with Crippen LogP contribution in [0.25, 0.3) is 0 Å². The molecule has 1 aromatic carbocycles. The molecule has 0 spiro atoms. The normalized spacial score (nSPS) is 19.1. The van der Waals surface area contributed by atoms with Gasteiger partial charge in [0.1, 0.15) is 0 Å². The lowest BCUT2D eigenvalue weighted by Crippen LogP contribution is -2.43. The molecular weight excluding hydrogens is 328 g/mol. The Labute approximate surface area is 154 Å². The summed E-state index contributed by atoms with van der Waals surface area (Å²) < 4.78 is 0. The van der Waals surface area contributed by atoms with Crippen LogP contribution in [-0.2, 0) is 4.79 Å². The monoisotopic (exact) mass is 352 g/mol. The summed E-state index contributed by atoms with van der Waals surface area (Å²) in [6.07, 6.45) is 1.30. The number of nitriles is 1. The van der Waals surface area contributed by atoms with Gasteiger partial charge in [-0.05, 0) is 25.5 Å². The van der Waals surface area contributed by atoms with E-state index >= 15 is 0 Å². The molecule has 2 amide bonds. The molecule has 0 radical (unpaired) electrons. The van der Waals surface area contributed by atoms with Gasteiger partial charge in [0.25, 0.3) is 5.91 Å². The largest absolute Gasteiger partial charge is 0.355 e. The smallest absolute Gasteiger partial charge is 0.252 e. The summed E-state index contributed by atoms with van der Waals surface area (Å²) in [7, 11) is 0. The first kappa shape index (κ1) is 19.5. The van der Waals surface area contributed by atoms with Gasteiger partial charge in [0.05, 0.1) is 29.8 Å². The van der Waals surface area contributed by atoms with E-state index in [1.165, 1.54) is 0 Å². The van der Waals surface area contributed by atoms with Gasteiger partial charge in [-0.1, -0.05) is 25.0 Å².